The summed E-state index contributed by atoms with van der Waals surface area (Å²) in [6.45, 7) is 3.55. The van der Waals surface area contributed by atoms with E-state index in [4.69, 9.17) is 4.42 Å². The highest BCUT2D eigenvalue weighted by molar-refractivity contribution is 7.89. The number of carbonyl (C=O) groups is 3. The second kappa shape index (κ2) is 11.4. The van der Waals surface area contributed by atoms with Gasteiger partial charge in [0, 0.05) is 12.1 Å². The zero-order chi connectivity index (χ0) is 25.4. The molecule has 0 aliphatic rings. The van der Waals surface area contributed by atoms with E-state index in [1.54, 1.807) is 44.2 Å². The van der Waals surface area contributed by atoms with Crippen molar-refractivity contribution in [3.63, 3.8) is 0 Å². The summed E-state index contributed by atoms with van der Waals surface area (Å²) >= 11 is 0. The number of benzene rings is 2. The number of nitrogens with one attached hydrogen (secondary N) is 4. The minimum atomic E-state index is -3.88. The van der Waals surface area contributed by atoms with Crippen LogP contribution >= 0.6 is 0 Å². The fraction of sp³-hybridized carbons (Fsp3) is 0.208. The van der Waals surface area contributed by atoms with Gasteiger partial charge in [0.1, 0.15) is 6.04 Å². The molecule has 35 heavy (non-hydrogen) atoms. The Bertz CT molecular complexity index is 1270. The van der Waals surface area contributed by atoms with Crippen LogP contribution in [0.1, 0.15) is 40.3 Å². The summed E-state index contributed by atoms with van der Waals surface area (Å²) in [7, 11) is -3.88. The summed E-state index contributed by atoms with van der Waals surface area (Å²) in [5.41, 5.74) is 5.32. The van der Waals surface area contributed by atoms with E-state index >= 15 is 0 Å². The average molecular weight is 499 g/mol. The molecule has 0 bridgehead atoms. The van der Waals surface area contributed by atoms with E-state index in [-0.39, 0.29) is 28.7 Å². The molecule has 0 fully saturated rings. The topological polar surface area (TPSA) is 147 Å². The third-order valence-electron chi connectivity index (χ3n) is 5.00. The lowest BCUT2D eigenvalue weighted by Gasteiger charge is -2.21. The van der Waals surface area contributed by atoms with E-state index in [9.17, 15) is 22.8 Å². The number of carbonyl (C=O) groups excluding carboxylic acids is 3. The molecule has 0 unspecified atom stereocenters. The summed E-state index contributed by atoms with van der Waals surface area (Å²) in [5, 5.41) is 2.56. The Morgan fingerprint density at radius 1 is 0.886 bits per heavy atom. The van der Waals surface area contributed by atoms with E-state index in [1.807, 2.05) is 6.07 Å². The number of amides is 3. The molecule has 11 heteroatoms. The maximum absolute atomic E-state index is 12.7. The summed E-state index contributed by atoms with van der Waals surface area (Å²) in [6.07, 6.45) is 1.34. The Labute approximate surface area is 203 Å². The summed E-state index contributed by atoms with van der Waals surface area (Å²) in [4.78, 5) is 37.3. The molecule has 0 saturated heterocycles. The summed E-state index contributed by atoms with van der Waals surface area (Å²) in [5.74, 6) is -2.20. The van der Waals surface area contributed by atoms with Crippen molar-refractivity contribution < 1.29 is 27.2 Å². The van der Waals surface area contributed by atoms with Crippen LogP contribution in [-0.2, 0) is 21.4 Å². The number of hydrogen-bond acceptors (Lipinski definition) is 6. The fourth-order valence-corrected chi connectivity index (χ4v) is 4.15. The molecule has 0 spiro atoms. The van der Waals surface area contributed by atoms with Crippen LogP contribution in [0.2, 0.25) is 0 Å². The lowest BCUT2D eigenvalue weighted by Crippen LogP contribution is -2.54. The van der Waals surface area contributed by atoms with Gasteiger partial charge in [-0.25, -0.2) is 13.1 Å². The van der Waals surface area contributed by atoms with Gasteiger partial charge in [0.15, 0.2) is 5.76 Å². The van der Waals surface area contributed by atoms with Gasteiger partial charge in [-0.3, -0.25) is 25.2 Å². The molecule has 2 aromatic carbocycles. The van der Waals surface area contributed by atoms with E-state index < -0.39 is 33.8 Å². The first-order valence-electron chi connectivity index (χ1n) is 10.8. The molecule has 4 N–H and O–H groups in total. The van der Waals surface area contributed by atoms with Crippen molar-refractivity contribution in [3.8, 4) is 0 Å². The lowest BCUT2D eigenvalue weighted by molar-refractivity contribution is -0.124. The third kappa shape index (κ3) is 7.01. The largest absolute Gasteiger partial charge is 0.459 e. The van der Waals surface area contributed by atoms with Crippen molar-refractivity contribution in [1.29, 1.82) is 0 Å². The second-order valence-corrected chi connectivity index (χ2v) is 9.72. The molecule has 0 aliphatic heterocycles. The lowest BCUT2D eigenvalue weighted by atomic mass is 10.0. The molecule has 3 amide bonds. The van der Waals surface area contributed by atoms with Crippen LogP contribution in [0.4, 0.5) is 0 Å². The van der Waals surface area contributed by atoms with Crippen LogP contribution in [-0.4, -0.2) is 32.2 Å². The number of hydrogen-bond donors (Lipinski definition) is 4. The summed E-state index contributed by atoms with van der Waals surface area (Å²) in [6, 6.07) is 16.5. The molecule has 184 valence electrons. The minimum Gasteiger partial charge on any atom is -0.459 e. The first-order valence-corrected chi connectivity index (χ1v) is 12.2. The first-order chi connectivity index (χ1) is 16.7. The van der Waals surface area contributed by atoms with Gasteiger partial charge in [-0.1, -0.05) is 50.2 Å². The van der Waals surface area contributed by atoms with Crippen molar-refractivity contribution in [2.24, 2.45) is 5.92 Å². The first kappa shape index (κ1) is 25.7. The molecule has 1 heterocycles. The Morgan fingerprint density at radius 3 is 2.29 bits per heavy atom. The normalized spacial score (nSPS) is 12.1. The predicted molar refractivity (Wildman–Crippen MR) is 127 cm³/mol. The summed E-state index contributed by atoms with van der Waals surface area (Å²) < 4.78 is 32.8. The molecule has 3 aromatic rings. The maximum atomic E-state index is 12.7. The molecule has 0 aliphatic carbocycles. The molecule has 1 aromatic heterocycles. The van der Waals surface area contributed by atoms with Gasteiger partial charge in [0.2, 0.25) is 10.0 Å². The van der Waals surface area contributed by atoms with Gasteiger partial charge in [-0.05, 0) is 41.8 Å². The van der Waals surface area contributed by atoms with Crippen LogP contribution in [0.5, 0.6) is 0 Å². The molecular formula is C24H26N4O6S. The SMILES string of the molecule is CC(C)[C@H](NC(=O)c1ccco1)C(=O)NNC(=O)c1cccc(S(=O)(=O)NCc2ccccc2)c1. The van der Waals surface area contributed by atoms with E-state index in [1.165, 1.54) is 36.6 Å². The van der Waals surface area contributed by atoms with Gasteiger partial charge in [-0.15, -0.1) is 0 Å². The van der Waals surface area contributed by atoms with E-state index in [2.05, 4.69) is 20.9 Å². The van der Waals surface area contributed by atoms with Crippen molar-refractivity contribution >= 4 is 27.7 Å². The van der Waals surface area contributed by atoms with Crippen LogP contribution in [0.25, 0.3) is 0 Å². The molecule has 0 radical (unpaired) electrons. The van der Waals surface area contributed by atoms with E-state index in [0.29, 0.717) is 0 Å². The van der Waals surface area contributed by atoms with Gasteiger partial charge in [0.05, 0.1) is 11.2 Å². The van der Waals surface area contributed by atoms with E-state index in [0.717, 1.165) is 5.56 Å². The highest BCUT2D eigenvalue weighted by Crippen LogP contribution is 2.13. The molecule has 3 rings (SSSR count). The van der Waals surface area contributed by atoms with Gasteiger partial charge in [0.25, 0.3) is 17.7 Å². The number of rotatable bonds is 9. The zero-order valence-electron chi connectivity index (χ0n) is 19.1. The van der Waals surface area contributed by atoms with Gasteiger partial charge >= 0.3 is 0 Å². The Balaban J connectivity index is 1.61. The highest BCUT2D eigenvalue weighted by Gasteiger charge is 2.26. The van der Waals surface area contributed by atoms with Crippen LogP contribution in [0, 0.1) is 5.92 Å². The third-order valence-corrected chi connectivity index (χ3v) is 6.39. The molecular weight excluding hydrogens is 472 g/mol. The fourth-order valence-electron chi connectivity index (χ4n) is 3.09. The monoisotopic (exact) mass is 498 g/mol. The Hall–Kier alpha value is -3.96. The quantitative estimate of drug-likeness (QED) is 0.332. The average Bonchev–Trinajstić information content (AvgIpc) is 3.40. The van der Waals surface area contributed by atoms with Gasteiger partial charge in [-0.2, -0.15) is 0 Å². The number of hydrazine groups is 1. The second-order valence-electron chi connectivity index (χ2n) is 7.95. The Morgan fingerprint density at radius 2 is 1.63 bits per heavy atom. The maximum Gasteiger partial charge on any atom is 0.287 e. The molecule has 0 saturated carbocycles. The van der Waals surface area contributed by atoms with Crippen molar-refractivity contribution in [3.05, 3.63) is 89.9 Å². The van der Waals surface area contributed by atoms with Gasteiger partial charge < -0.3 is 9.73 Å². The molecule has 10 nitrogen and oxygen atoms in total. The number of furan rings is 1. The Kier molecular flexibility index (Phi) is 8.39. The van der Waals surface area contributed by atoms with Crippen LogP contribution in [0.15, 0.2) is 82.3 Å². The smallest absolute Gasteiger partial charge is 0.287 e. The number of sulfonamides is 1. The van der Waals surface area contributed by atoms with Crippen molar-refractivity contribution in [2.75, 3.05) is 0 Å². The zero-order valence-corrected chi connectivity index (χ0v) is 20.0. The van der Waals surface area contributed by atoms with Crippen molar-refractivity contribution in [2.45, 2.75) is 31.3 Å². The highest BCUT2D eigenvalue weighted by atomic mass is 32.2. The predicted octanol–water partition coefficient (Wildman–Crippen LogP) is 1.97. The molecule has 1 atom stereocenters. The standard InChI is InChI=1S/C24H26N4O6S/c1-16(2)21(26-23(30)20-12-7-13-34-20)24(31)28-27-22(29)18-10-6-11-19(14-18)35(32,33)25-15-17-8-4-3-5-9-17/h3-14,16,21,25H,15H2,1-2H3,(H,26,30)(H,27,29)(H,28,31)/t21-/m0/s1. The minimum absolute atomic E-state index is 0.0219. The van der Waals surface area contributed by atoms with Crippen LogP contribution < -0.4 is 20.9 Å². The van der Waals surface area contributed by atoms with Crippen LogP contribution in [0.3, 0.4) is 0 Å². The van der Waals surface area contributed by atoms with Crippen molar-refractivity contribution in [1.82, 2.24) is 20.9 Å².